The van der Waals surface area contributed by atoms with E-state index in [0.717, 1.165) is 24.3 Å². The van der Waals surface area contributed by atoms with E-state index >= 15 is 0 Å². The molecule has 32 heavy (non-hydrogen) atoms. The van der Waals surface area contributed by atoms with Gasteiger partial charge in [-0.2, -0.15) is 50.0 Å². The van der Waals surface area contributed by atoms with E-state index in [0.29, 0.717) is 0 Å². The molecule has 0 atom stereocenters. The Morgan fingerprint density at radius 1 is 0.625 bits per heavy atom. The minimum Gasteiger partial charge on any atom is -0.192 e. The van der Waals surface area contributed by atoms with Crippen LogP contribution in [0.3, 0.4) is 0 Å². The van der Waals surface area contributed by atoms with Crippen LogP contribution in [0.2, 0.25) is 0 Å². The van der Waals surface area contributed by atoms with Crippen LogP contribution in [0.15, 0.2) is 24.3 Å². The molecule has 0 aromatic heterocycles. The molecule has 10 heteroatoms. The molecule has 0 amide bonds. The maximum absolute atomic E-state index is 13.8. The van der Waals surface area contributed by atoms with E-state index in [4.69, 9.17) is 15.8 Å². The molecule has 148 valence electrons. The van der Waals surface area contributed by atoms with E-state index in [1.54, 1.807) is 30.3 Å². The van der Waals surface area contributed by atoms with Crippen LogP contribution in [0.4, 0.5) is 13.2 Å². The predicted molar refractivity (Wildman–Crippen MR) is 98.8 cm³/mol. The minimum atomic E-state index is -5.14. The topological polar surface area (TPSA) is 167 Å². The summed E-state index contributed by atoms with van der Waals surface area (Å²) >= 11 is 0. The molecule has 0 saturated carbocycles. The van der Waals surface area contributed by atoms with Gasteiger partial charge in [0.05, 0.1) is 33.4 Å². The Morgan fingerprint density at radius 3 is 1.59 bits per heavy atom. The molecular weight excluding hydrogens is 419 g/mol. The minimum absolute atomic E-state index is 0.219. The molecule has 0 spiro atoms. The number of hydrogen-bond donors (Lipinski definition) is 0. The monoisotopic (exact) mass is 423 g/mol. The lowest BCUT2D eigenvalue weighted by Crippen LogP contribution is -2.23. The van der Waals surface area contributed by atoms with Gasteiger partial charge < -0.3 is 0 Å². The molecule has 2 aromatic rings. The average molecular weight is 423 g/mol. The Kier molecular flexibility index (Phi) is 6.26. The summed E-state index contributed by atoms with van der Waals surface area (Å²) in [5.41, 5.74) is -6.06. The molecule has 0 N–H and O–H groups in total. The van der Waals surface area contributed by atoms with Gasteiger partial charge in [-0.15, -0.1) is 0 Å². The summed E-state index contributed by atoms with van der Waals surface area (Å²) < 4.78 is 41.5. The maximum atomic E-state index is 13.8. The number of benzene rings is 2. The highest BCUT2D eigenvalue weighted by Gasteiger charge is 2.38. The van der Waals surface area contributed by atoms with E-state index in [1.165, 1.54) is 12.1 Å². The van der Waals surface area contributed by atoms with Crippen molar-refractivity contribution in [3.05, 3.63) is 68.1 Å². The zero-order valence-electron chi connectivity index (χ0n) is 15.6. The second-order valence-electron chi connectivity index (χ2n) is 5.85. The molecule has 2 aromatic carbocycles. The third-order valence-electron chi connectivity index (χ3n) is 4.29. The van der Waals surface area contributed by atoms with Crippen molar-refractivity contribution in [1.82, 2.24) is 0 Å². The molecule has 7 nitrogen and oxygen atoms in total. The normalized spacial score (nSPS) is 10.6. The Bertz CT molecular complexity index is 1570. The van der Waals surface area contributed by atoms with Gasteiger partial charge in [0.15, 0.2) is 0 Å². The van der Waals surface area contributed by atoms with E-state index in [2.05, 4.69) is 0 Å². The highest BCUT2D eigenvalue weighted by atomic mass is 19.4. The summed E-state index contributed by atoms with van der Waals surface area (Å²) in [6.45, 7) is 0. The fraction of sp³-hybridized carbons (Fsp3) is 0.0455. The zero-order chi connectivity index (χ0) is 24.1. The van der Waals surface area contributed by atoms with Crippen LogP contribution in [0, 0.1) is 79.3 Å². The van der Waals surface area contributed by atoms with Crippen molar-refractivity contribution >= 4 is 11.1 Å². The van der Waals surface area contributed by atoms with Crippen molar-refractivity contribution < 1.29 is 13.2 Å². The fourth-order valence-electron chi connectivity index (χ4n) is 2.98. The van der Waals surface area contributed by atoms with E-state index in [9.17, 15) is 34.2 Å². The molecule has 0 aliphatic heterocycles. The number of rotatable bonds is 1. The third kappa shape index (κ3) is 3.66. The second kappa shape index (κ2) is 8.82. The third-order valence-corrected chi connectivity index (χ3v) is 4.29. The lowest BCUT2D eigenvalue weighted by molar-refractivity contribution is -0.138. The highest BCUT2D eigenvalue weighted by Crippen LogP contribution is 2.38. The first-order valence-electron chi connectivity index (χ1n) is 8.20. The average Bonchev–Trinajstić information content (AvgIpc) is 2.79. The van der Waals surface area contributed by atoms with Crippen molar-refractivity contribution in [2.75, 3.05) is 0 Å². The fourth-order valence-corrected chi connectivity index (χ4v) is 2.98. The van der Waals surface area contributed by atoms with Gasteiger partial charge >= 0.3 is 6.18 Å². The maximum Gasteiger partial charge on any atom is 0.418 e. The molecule has 0 aliphatic rings. The summed E-state index contributed by atoms with van der Waals surface area (Å²) in [4.78, 5) is 0. The molecule has 0 saturated heterocycles. The quantitative estimate of drug-likeness (QED) is 0.677. The van der Waals surface area contributed by atoms with Crippen LogP contribution in [0.5, 0.6) is 0 Å². The van der Waals surface area contributed by atoms with Crippen molar-refractivity contribution in [2.24, 2.45) is 0 Å². The van der Waals surface area contributed by atoms with Crippen LogP contribution in [-0.4, -0.2) is 0 Å². The second-order valence-corrected chi connectivity index (χ2v) is 5.85. The summed E-state index contributed by atoms with van der Waals surface area (Å²) in [7, 11) is 0. The van der Waals surface area contributed by atoms with E-state index in [1.807, 2.05) is 0 Å². The Morgan fingerprint density at radius 2 is 1.16 bits per heavy atom. The van der Waals surface area contributed by atoms with Crippen LogP contribution < -0.4 is 10.4 Å². The first-order valence-corrected chi connectivity index (χ1v) is 8.20. The largest absolute Gasteiger partial charge is 0.418 e. The standard InChI is InChI=1S/C22H4F3N7/c23-22(24,25)21-16(2-1-12(5-26)17(21)8-29)19(10-31)15-4-3-14(13(6-27)7-28)18(9-30)20(15)11-32/h1-4H/b19-15+. The summed E-state index contributed by atoms with van der Waals surface area (Å²) in [5.74, 6) is 0. The van der Waals surface area contributed by atoms with Crippen LogP contribution >= 0.6 is 0 Å². The number of alkyl halides is 3. The van der Waals surface area contributed by atoms with Gasteiger partial charge in [-0.1, -0.05) is 18.2 Å². The summed E-state index contributed by atoms with van der Waals surface area (Å²) in [6, 6.07) is 14.6. The van der Waals surface area contributed by atoms with Gasteiger partial charge in [0.25, 0.3) is 0 Å². The number of nitrogens with zero attached hydrogens (tertiary/aromatic N) is 7. The lowest BCUT2D eigenvalue weighted by atomic mass is 9.89. The van der Waals surface area contributed by atoms with Gasteiger partial charge in [-0.05, 0) is 6.07 Å². The zero-order valence-corrected chi connectivity index (χ0v) is 15.6. The highest BCUT2D eigenvalue weighted by molar-refractivity contribution is 5.83. The van der Waals surface area contributed by atoms with Gasteiger partial charge in [-0.25, -0.2) is 0 Å². The van der Waals surface area contributed by atoms with Crippen LogP contribution in [-0.2, 0) is 6.18 Å². The smallest absolute Gasteiger partial charge is 0.192 e. The Hall–Kier alpha value is -5.60. The molecule has 0 fully saturated rings. The molecular formula is C22H4F3N7. The first kappa shape index (κ1) is 22.7. The molecule has 0 heterocycles. The number of halogens is 3. The van der Waals surface area contributed by atoms with E-state index < -0.39 is 50.7 Å². The Labute approximate surface area is 178 Å². The molecule has 0 unspecified atom stereocenters. The van der Waals surface area contributed by atoms with Gasteiger partial charge in [-0.3, -0.25) is 0 Å². The number of nitriles is 7. The molecule has 0 bridgehead atoms. The van der Waals surface area contributed by atoms with E-state index in [-0.39, 0.29) is 10.4 Å². The van der Waals surface area contributed by atoms with Gasteiger partial charge in [0.1, 0.15) is 48.1 Å². The number of hydrogen-bond acceptors (Lipinski definition) is 7. The van der Waals surface area contributed by atoms with Gasteiger partial charge in [0.2, 0.25) is 0 Å². The van der Waals surface area contributed by atoms with Crippen molar-refractivity contribution in [2.45, 2.75) is 6.18 Å². The Balaban J connectivity index is 3.29. The SMILES string of the molecule is N#CC(C#N)=c1cc/c(=C(/C#N)c2ccc(C#N)c(C#N)c2C(F)(F)F)c(C#N)c1C#N. The van der Waals surface area contributed by atoms with Crippen molar-refractivity contribution in [3.63, 3.8) is 0 Å². The lowest BCUT2D eigenvalue weighted by Gasteiger charge is -2.15. The van der Waals surface area contributed by atoms with Crippen LogP contribution in [0.1, 0.15) is 33.4 Å². The molecule has 2 rings (SSSR count). The first-order chi connectivity index (χ1) is 15.2. The van der Waals surface area contributed by atoms with Crippen molar-refractivity contribution in [1.29, 1.82) is 36.8 Å². The summed E-state index contributed by atoms with van der Waals surface area (Å²) in [6.07, 6.45) is -5.14. The molecule has 0 aliphatic carbocycles. The van der Waals surface area contributed by atoms with Crippen LogP contribution in [0.25, 0.3) is 11.1 Å². The van der Waals surface area contributed by atoms with Crippen molar-refractivity contribution in [3.8, 4) is 42.5 Å². The summed E-state index contributed by atoms with van der Waals surface area (Å²) in [5, 5.41) is 64.5. The molecule has 0 radical (unpaired) electrons. The predicted octanol–water partition coefficient (Wildman–Crippen LogP) is 2.11. The van der Waals surface area contributed by atoms with Gasteiger partial charge in [0, 0.05) is 16.0 Å².